The topological polar surface area (TPSA) is 80.2 Å². The second kappa shape index (κ2) is 6.49. The van der Waals surface area contributed by atoms with Crippen LogP contribution in [0.3, 0.4) is 0 Å². The van der Waals surface area contributed by atoms with Crippen LogP contribution in [0, 0.1) is 5.92 Å². The minimum Gasteiger partial charge on any atom is -0.387 e. The average Bonchev–Trinajstić information content (AvgIpc) is 2.86. The zero-order valence-electron chi connectivity index (χ0n) is 11.9. The molecule has 1 fully saturated rings. The van der Waals surface area contributed by atoms with Crippen LogP contribution >= 0.6 is 11.5 Å². The quantitative estimate of drug-likeness (QED) is 0.899. The molecule has 1 N–H and O–H groups in total. The first-order valence-electron chi connectivity index (χ1n) is 7.11. The van der Waals surface area contributed by atoms with E-state index in [1.165, 1.54) is 17.8 Å². The largest absolute Gasteiger partial charge is 0.387 e. The van der Waals surface area contributed by atoms with Crippen molar-refractivity contribution in [1.29, 1.82) is 0 Å². The van der Waals surface area contributed by atoms with E-state index in [1.807, 2.05) is 0 Å². The molecule has 0 aromatic carbocycles. The summed E-state index contributed by atoms with van der Waals surface area (Å²) in [7, 11) is -3.02. The molecule has 114 valence electrons. The summed E-state index contributed by atoms with van der Waals surface area (Å²) in [6.07, 6.45) is 5.43. The third-order valence-corrected chi connectivity index (χ3v) is 6.54. The van der Waals surface area contributed by atoms with E-state index < -0.39 is 15.9 Å². The molecule has 0 radical (unpaired) electrons. The second-order valence-corrected chi connectivity index (χ2v) is 8.77. The smallest absolute Gasteiger partial charge is 0.150 e. The van der Waals surface area contributed by atoms with Crippen molar-refractivity contribution < 1.29 is 13.5 Å². The molecule has 1 saturated carbocycles. The molecule has 0 aliphatic heterocycles. The number of aliphatic hydroxyl groups excluding tert-OH is 1. The first kappa shape index (κ1) is 15.9. The summed E-state index contributed by atoms with van der Waals surface area (Å²) in [5.74, 6) is 0.00123. The number of rotatable bonds is 5. The first-order chi connectivity index (χ1) is 9.43. The van der Waals surface area contributed by atoms with Crippen LogP contribution < -0.4 is 0 Å². The van der Waals surface area contributed by atoms with Crippen LogP contribution in [-0.2, 0) is 16.3 Å². The lowest BCUT2D eigenvalue weighted by Gasteiger charge is -2.30. The number of hydrogen-bond acceptors (Lipinski definition) is 6. The molecule has 1 aromatic rings. The van der Waals surface area contributed by atoms with Crippen molar-refractivity contribution in [2.75, 3.05) is 6.26 Å². The zero-order chi connectivity index (χ0) is 14.8. The van der Waals surface area contributed by atoms with Gasteiger partial charge in [-0.1, -0.05) is 24.3 Å². The molecule has 0 amide bonds. The normalized spacial score (nSPS) is 25.6. The molecule has 5 nitrogen and oxygen atoms in total. The van der Waals surface area contributed by atoms with E-state index in [9.17, 15) is 13.5 Å². The van der Waals surface area contributed by atoms with Crippen molar-refractivity contribution in [2.45, 2.75) is 56.8 Å². The fourth-order valence-corrected chi connectivity index (χ4v) is 4.89. The van der Waals surface area contributed by atoms with E-state index >= 15 is 0 Å². The highest BCUT2D eigenvalue weighted by atomic mass is 32.2. The standard InChI is InChI=1S/C13H22N2O3S2/c1-3-5-11-13(19-15-14-11)12(16)9-6-4-7-10(8-9)20(2,17)18/h9-10,12,16H,3-8H2,1-2H3. The minimum absolute atomic E-state index is 0.00123. The summed E-state index contributed by atoms with van der Waals surface area (Å²) in [6.45, 7) is 2.07. The summed E-state index contributed by atoms with van der Waals surface area (Å²) in [4.78, 5) is 0.825. The van der Waals surface area contributed by atoms with Gasteiger partial charge in [0.05, 0.1) is 21.9 Å². The Balaban J connectivity index is 2.12. The number of hydrogen-bond donors (Lipinski definition) is 1. The number of nitrogens with zero attached hydrogens (tertiary/aromatic N) is 2. The van der Waals surface area contributed by atoms with E-state index in [0.29, 0.717) is 12.8 Å². The summed E-state index contributed by atoms with van der Waals surface area (Å²) < 4.78 is 27.4. The van der Waals surface area contributed by atoms with Crippen LogP contribution in [0.15, 0.2) is 0 Å². The highest BCUT2D eigenvalue weighted by Gasteiger charge is 2.34. The Morgan fingerprint density at radius 2 is 2.20 bits per heavy atom. The number of aromatic nitrogens is 2. The lowest BCUT2D eigenvalue weighted by molar-refractivity contribution is 0.0878. The van der Waals surface area contributed by atoms with Crippen molar-refractivity contribution in [3.63, 3.8) is 0 Å². The fourth-order valence-electron chi connectivity index (χ4n) is 2.92. The maximum absolute atomic E-state index is 11.7. The fraction of sp³-hybridized carbons (Fsp3) is 0.846. The van der Waals surface area contributed by atoms with Gasteiger partial charge in [0.15, 0.2) is 0 Å². The van der Waals surface area contributed by atoms with Crippen molar-refractivity contribution >= 4 is 21.4 Å². The molecule has 0 bridgehead atoms. The number of sulfone groups is 1. The zero-order valence-corrected chi connectivity index (χ0v) is 13.6. The predicted octanol–water partition coefficient (Wildman–Crippen LogP) is 2.13. The van der Waals surface area contributed by atoms with Gasteiger partial charge >= 0.3 is 0 Å². The van der Waals surface area contributed by atoms with Crippen LogP contribution in [0.4, 0.5) is 0 Å². The van der Waals surface area contributed by atoms with Gasteiger partial charge in [-0.2, -0.15) is 0 Å². The van der Waals surface area contributed by atoms with Gasteiger partial charge in [0.2, 0.25) is 0 Å². The van der Waals surface area contributed by atoms with Gasteiger partial charge in [0.1, 0.15) is 9.84 Å². The molecule has 3 unspecified atom stereocenters. The molecule has 2 rings (SSSR count). The summed E-state index contributed by atoms with van der Waals surface area (Å²) in [6, 6.07) is 0. The third-order valence-electron chi connectivity index (χ3n) is 4.06. The maximum atomic E-state index is 11.7. The van der Waals surface area contributed by atoms with E-state index in [1.54, 1.807) is 0 Å². The second-order valence-electron chi connectivity index (χ2n) is 5.66. The van der Waals surface area contributed by atoms with E-state index in [0.717, 1.165) is 36.3 Å². The molecule has 1 aliphatic rings. The lowest BCUT2D eigenvalue weighted by Crippen LogP contribution is -2.30. The molecule has 0 spiro atoms. The van der Waals surface area contributed by atoms with Gasteiger partial charge in [-0.3, -0.25) is 0 Å². The van der Waals surface area contributed by atoms with E-state index in [4.69, 9.17) is 0 Å². The number of aliphatic hydroxyl groups is 1. The highest BCUT2D eigenvalue weighted by Crippen LogP contribution is 2.38. The molecule has 20 heavy (non-hydrogen) atoms. The molecule has 0 saturated heterocycles. The van der Waals surface area contributed by atoms with Crippen molar-refractivity contribution in [3.05, 3.63) is 10.6 Å². The van der Waals surface area contributed by atoms with Crippen LogP contribution in [0.1, 0.15) is 55.7 Å². The molecule has 3 atom stereocenters. The van der Waals surface area contributed by atoms with Crippen LogP contribution in [0.25, 0.3) is 0 Å². The highest BCUT2D eigenvalue weighted by molar-refractivity contribution is 7.91. The van der Waals surface area contributed by atoms with E-state index in [2.05, 4.69) is 16.5 Å². The van der Waals surface area contributed by atoms with Crippen molar-refractivity contribution in [3.8, 4) is 0 Å². The Morgan fingerprint density at radius 1 is 1.45 bits per heavy atom. The third kappa shape index (κ3) is 3.56. The molecular weight excluding hydrogens is 296 g/mol. The van der Waals surface area contributed by atoms with Crippen LogP contribution in [0.5, 0.6) is 0 Å². The molecule has 1 heterocycles. The molecule has 1 aliphatic carbocycles. The van der Waals surface area contributed by atoms with Crippen LogP contribution in [0.2, 0.25) is 0 Å². The Hall–Kier alpha value is -0.530. The van der Waals surface area contributed by atoms with Gasteiger partial charge in [-0.05, 0) is 43.1 Å². The van der Waals surface area contributed by atoms with Gasteiger partial charge < -0.3 is 5.11 Å². The van der Waals surface area contributed by atoms with Gasteiger partial charge in [-0.15, -0.1) is 5.10 Å². The maximum Gasteiger partial charge on any atom is 0.150 e. The monoisotopic (exact) mass is 318 g/mol. The Labute approximate surface area is 124 Å². The Kier molecular flexibility index (Phi) is 5.14. The Morgan fingerprint density at radius 3 is 2.85 bits per heavy atom. The molecule has 1 aromatic heterocycles. The number of aryl methyl sites for hydroxylation is 1. The van der Waals surface area contributed by atoms with Crippen molar-refractivity contribution in [1.82, 2.24) is 9.59 Å². The van der Waals surface area contributed by atoms with Gasteiger partial charge in [0.25, 0.3) is 0 Å². The minimum atomic E-state index is -3.02. The summed E-state index contributed by atoms with van der Waals surface area (Å²) in [5.41, 5.74) is 0.867. The Bertz CT molecular complexity index is 542. The SMILES string of the molecule is CCCc1nnsc1C(O)C1CCCC(S(C)(=O)=O)C1. The predicted molar refractivity (Wildman–Crippen MR) is 79.5 cm³/mol. The summed E-state index contributed by atoms with van der Waals surface area (Å²) >= 11 is 1.24. The average molecular weight is 318 g/mol. The van der Waals surface area contributed by atoms with Crippen molar-refractivity contribution in [2.24, 2.45) is 5.92 Å². The van der Waals surface area contributed by atoms with Gasteiger partial charge in [-0.25, -0.2) is 8.42 Å². The lowest BCUT2D eigenvalue weighted by atomic mass is 9.84. The van der Waals surface area contributed by atoms with E-state index in [-0.39, 0.29) is 11.2 Å². The molecule has 7 heteroatoms. The molecular formula is C13H22N2O3S2. The van der Waals surface area contributed by atoms with Gasteiger partial charge in [0, 0.05) is 6.26 Å². The summed E-state index contributed by atoms with van der Waals surface area (Å²) in [5, 5.41) is 14.3. The first-order valence-corrected chi connectivity index (χ1v) is 9.84. The van der Waals surface area contributed by atoms with Crippen LogP contribution in [-0.4, -0.2) is 34.6 Å².